The maximum atomic E-state index is 10.6. The Bertz CT molecular complexity index is 1360. The van der Waals surface area contributed by atoms with Crippen molar-refractivity contribution in [3.63, 3.8) is 0 Å². The number of imidazole rings is 1. The number of nitrogens with zero attached hydrogens (tertiary/aromatic N) is 5. The van der Waals surface area contributed by atoms with Gasteiger partial charge < -0.3 is 19.3 Å². The van der Waals surface area contributed by atoms with Gasteiger partial charge in [0.25, 0.3) is 0 Å². The van der Waals surface area contributed by atoms with Gasteiger partial charge in [-0.3, -0.25) is 0 Å². The zero-order valence-corrected chi connectivity index (χ0v) is 22.9. The highest BCUT2D eigenvalue weighted by atomic mass is 19.4. The maximum absolute atomic E-state index is 10.6. The average molecular weight is 558 g/mol. The summed E-state index contributed by atoms with van der Waals surface area (Å²) in [5, 5.41) is 15.8. The molecule has 2 aromatic heterocycles. The van der Waals surface area contributed by atoms with Crippen molar-refractivity contribution in [2.75, 3.05) is 18.0 Å². The first-order valence-corrected chi connectivity index (χ1v) is 13.7. The molecule has 214 valence electrons. The second-order valence-corrected chi connectivity index (χ2v) is 11.1. The number of carboxylic acid groups (broad SMARTS) is 1. The van der Waals surface area contributed by atoms with Crippen LogP contribution < -0.4 is 9.64 Å². The van der Waals surface area contributed by atoms with Gasteiger partial charge in [-0.05, 0) is 49.9 Å². The minimum Gasteiger partial charge on any atom is -0.480 e. The largest absolute Gasteiger partial charge is 0.490 e. The van der Waals surface area contributed by atoms with Crippen LogP contribution in [0.1, 0.15) is 69.1 Å². The third kappa shape index (κ3) is 5.38. The second kappa shape index (κ2) is 10.7. The number of aliphatic carboxylic acids is 1. The number of rotatable bonds is 4. The quantitative estimate of drug-likeness (QED) is 0.415. The third-order valence-corrected chi connectivity index (χ3v) is 7.98. The van der Waals surface area contributed by atoms with Gasteiger partial charge in [-0.1, -0.05) is 32.4 Å². The number of benzene rings is 1. The number of aryl methyl sites for hydroxylation is 1. The molecule has 1 aliphatic carbocycles. The number of hydrogen-bond acceptors (Lipinski definition) is 6. The SMILES string of the molecule is Cc1ccc(N2CCC3(CC2)Oc2ccccc2-c2c3nc(C(C)C)n2CC2CCC2)nn1.O=C(O)C(F)(F)F. The molecule has 2 aliphatic heterocycles. The number of aromatic nitrogens is 4. The first kappa shape index (κ1) is 27.9. The van der Waals surface area contributed by atoms with Gasteiger partial charge >= 0.3 is 12.1 Å². The number of carbonyl (C=O) groups is 1. The van der Waals surface area contributed by atoms with E-state index in [1.54, 1.807) is 0 Å². The molecule has 4 heterocycles. The van der Waals surface area contributed by atoms with E-state index in [4.69, 9.17) is 19.6 Å². The van der Waals surface area contributed by atoms with Crippen LogP contribution in [0.15, 0.2) is 36.4 Å². The summed E-state index contributed by atoms with van der Waals surface area (Å²) in [5.41, 5.74) is 4.22. The number of halogens is 3. The van der Waals surface area contributed by atoms with E-state index in [1.165, 1.54) is 36.3 Å². The van der Waals surface area contributed by atoms with Gasteiger partial charge in [0.2, 0.25) is 0 Å². The molecule has 1 saturated heterocycles. The summed E-state index contributed by atoms with van der Waals surface area (Å²) in [6.07, 6.45) is 0.727. The molecule has 1 aromatic carbocycles. The third-order valence-electron chi connectivity index (χ3n) is 7.98. The van der Waals surface area contributed by atoms with Crippen LogP contribution in [-0.2, 0) is 16.9 Å². The molecule has 0 radical (unpaired) electrons. The molecule has 40 heavy (non-hydrogen) atoms. The predicted molar refractivity (Wildman–Crippen MR) is 143 cm³/mol. The number of para-hydroxylation sites is 1. The van der Waals surface area contributed by atoms with Gasteiger partial charge in [0.15, 0.2) is 11.4 Å². The summed E-state index contributed by atoms with van der Waals surface area (Å²) in [5.74, 6) is 1.55. The molecule has 0 atom stereocenters. The Labute approximate surface area is 231 Å². The van der Waals surface area contributed by atoms with E-state index in [2.05, 4.69) is 63.8 Å². The molecule has 1 N–H and O–H groups in total. The highest BCUT2D eigenvalue weighted by molar-refractivity contribution is 5.74. The maximum Gasteiger partial charge on any atom is 0.490 e. The Balaban J connectivity index is 0.000000411. The number of piperidine rings is 1. The normalized spacial score (nSPS) is 17.8. The lowest BCUT2D eigenvalue weighted by Gasteiger charge is -2.44. The van der Waals surface area contributed by atoms with Crippen LogP contribution in [0.4, 0.5) is 19.0 Å². The molecule has 1 spiro atoms. The van der Waals surface area contributed by atoms with E-state index < -0.39 is 12.1 Å². The van der Waals surface area contributed by atoms with Crippen LogP contribution >= 0.6 is 0 Å². The van der Waals surface area contributed by atoms with Gasteiger partial charge in [-0.25, -0.2) is 9.78 Å². The lowest BCUT2D eigenvalue weighted by Crippen LogP contribution is -2.48. The van der Waals surface area contributed by atoms with Crippen molar-refractivity contribution in [3.8, 4) is 17.0 Å². The molecular weight excluding hydrogens is 523 g/mol. The summed E-state index contributed by atoms with van der Waals surface area (Å²) in [6, 6.07) is 12.7. The van der Waals surface area contributed by atoms with E-state index in [1.807, 2.05) is 13.0 Å². The summed E-state index contributed by atoms with van der Waals surface area (Å²) >= 11 is 0. The molecule has 1 saturated carbocycles. The van der Waals surface area contributed by atoms with E-state index in [0.717, 1.165) is 61.3 Å². The first-order chi connectivity index (χ1) is 19.0. The lowest BCUT2D eigenvalue weighted by molar-refractivity contribution is -0.192. The van der Waals surface area contributed by atoms with Crippen molar-refractivity contribution in [1.29, 1.82) is 0 Å². The van der Waals surface area contributed by atoms with Gasteiger partial charge in [0, 0.05) is 44.0 Å². The van der Waals surface area contributed by atoms with Crippen LogP contribution in [0.25, 0.3) is 11.3 Å². The Kier molecular flexibility index (Phi) is 7.50. The van der Waals surface area contributed by atoms with E-state index in [9.17, 15) is 13.2 Å². The Morgan fingerprint density at radius 3 is 2.35 bits per heavy atom. The number of anilines is 1. The predicted octanol–water partition coefficient (Wildman–Crippen LogP) is 6.09. The number of ether oxygens (including phenoxy) is 1. The van der Waals surface area contributed by atoms with Gasteiger partial charge in [-0.15, -0.1) is 5.10 Å². The van der Waals surface area contributed by atoms with Crippen LogP contribution in [0.5, 0.6) is 5.75 Å². The Hall–Kier alpha value is -3.63. The van der Waals surface area contributed by atoms with Crippen molar-refractivity contribution in [3.05, 3.63) is 53.6 Å². The van der Waals surface area contributed by atoms with Crippen molar-refractivity contribution >= 4 is 11.8 Å². The minimum absolute atomic E-state index is 0.378. The molecular formula is C29H34F3N5O3. The Morgan fingerprint density at radius 2 is 1.80 bits per heavy atom. The topological polar surface area (TPSA) is 93.4 Å². The fraction of sp³-hybridized carbons (Fsp3) is 0.517. The van der Waals surface area contributed by atoms with E-state index in [-0.39, 0.29) is 5.60 Å². The summed E-state index contributed by atoms with van der Waals surface area (Å²) in [4.78, 5) is 16.6. The molecule has 0 unspecified atom stereocenters. The van der Waals surface area contributed by atoms with Crippen molar-refractivity contribution in [1.82, 2.24) is 19.7 Å². The van der Waals surface area contributed by atoms with Crippen molar-refractivity contribution in [2.45, 2.75) is 77.1 Å². The average Bonchev–Trinajstić information content (AvgIpc) is 3.28. The van der Waals surface area contributed by atoms with Crippen molar-refractivity contribution in [2.24, 2.45) is 5.92 Å². The number of alkyl halides is 3. The molecule has 2 fully saturated rings. The standard InChI is InChI=1S/C27H33N5O.C2HF3O2/c1-18(2)26-28-25-24(32(26)17-20-7-6-8-20)21-9-4-5-10-22(21)33-27(25)13-15-31(16-14-27)23-12-11-19(3)29-30-23;3-2(4,5)1(6)7/h4-5,9-12,18,20H,6-8,13-17H2,1-3H3;(H,6,7). The summed E-state index contributed by atoms with van der Waals surface area (Å²) in [7, 11) is 0. The molecule has 3 aromatic rings. The zero-order valence-electron chi connectivity index (χ0n) is 22.9. The monoisotopic (exact) mass is 557 g/mol. The summed E-state index contributed by atoms with van der Waals surface area (Å²) in [6.45, 7) is 9.35. The van der Waals surface area contributed by atoms with Crippen LogP contribution in [-0.4, -0.2) is 50.1 Å². The minimum atomic E-state index is -5.08. The van der Waals surface area contributed by atoms with Gasteiger partial charge in [-0.2, -0.15) is 18.3 Å². The smallest absolute Gasteiger partial charge is 0.480 e. The van der Waals surface area contributed by atoms with Gasteiger partial charge in [0.05, 0.1) is 11.4 Å². The van der Waals surface area contributed by atoms with Crippen LogP contribution in [0.3, 0.4) is 0 Å². The highest BCUT2D eigenvalue weighted by Gasteiger charge is 2.47. The fourth-order valence-corrected chi connectivity index (χ4v) is 5.63. The molecule has 8 nitrogen and oxygen atoms in total. The fourth-order valence-electron chi connectivity index (χ4n) is 5.63. The van der Waals surface area contributed by atoms with Crippen molar-refractivity contribution < 1.29 is 27.8 Å². The second-order valence-electron chi connectivity index (χ2n) is 11.1. The lowest BCUT2D eigenvalue weighted by atomic mass is 9.82. The molecule has 3 aliphatic rings. The van der Waals surface area contributed by atoms with Gasteiger partial charge in [0.1, 0.15) is 17.3 Å². The number of carboxylic acids is 1. The van der Waals surface area contributed by atoms with E-state index in [0.29, 0.717) is 5.92 Å². The molecule has 0 bridgehead atoms. The molecule has 6 rings (SSSR count). The van der Waals surface area contributed by atoms with Crippen LogP contribution in [0, 0.1) is 12.8 Å². The number of hydrogen-bond donors (Lipinski definition) is 1. The summed E-state index contributed by atoms with van der Waals surface area (Å²) < 4.78 is 41.1. The van der Waals surface area contributed by atoms with Crippen LogP contribution in [0.2, 0.25) is 0 Å². The van der Waals surface area contributed by atoms with E-state index >= 15 is 0 Å². The first-order valence-electron chi connectivity index (χ1n) is 13.7. The molecule has 0 amide bonds. The highest BCUT2D eigenvalue weighted by Crippen LogP contribution is 2.50. The Morgan fingerprint density at radius 1 is 1.12 bits per heavy atom. The molecule has 11 heteroatoms. The zero-order chi connectivity index (χ0) is 28.7. The number of fused-ring (bicyclic) bond motifs is 4.